The van der Waals surface area contributed by atoms with Crippen LogP contribution in [0.5, 0.6) is 0 Å². The molecule has 0 radical (unpaired) electrons. The molecule has 2 aromatic carbocycles. The maximum Gasteiger partial charge on any atom is 0.238 e. The molecule has 0 aromatic heterocycles. The number of primary sulfonamides is 1. The van der Waals surface area contributed by atoms with Gasteiger partial charge in [-0.15, -0.1) is 0 Å². The van der Waals surface area contributed by atoms with Crippen molar-refractivity contribution >= 4 is 15.9 Å². The van der Waals surface area contributed by atoms with E-state index in [0.29, 0.717) is 25.9 Å². The Labute approximate surface area is 142 Å². The van der Waals surface area contributed by atoms with Crippen molar-refractivity contribution in [2.24, 2.45) is 5.14 Å². The quantitative estimate of drug-likeness (QED) is 0.919. The largest absolute Gasteiger partial charge is 0.338 e. The van der Waals surface area contributed by atoms with E-state index >= 15 is 0 Å². The summed E-state index contributed by atoms with van der Waals surface area (Å²) in [6.07, 6.45) is 1.89. The Morgan fingerprint density at radius 2 is 1.83 bits per heavy atom. The summed E-state index contributed by atoms with van der Waals surface area (Å²) in [7, 11) is -3.72. The van der Waals surface area contributed by atoms with Crippen molar-refractivity contribution in [3.05, 3.63) is 65.2 Å². The summed E-state index contributed by atoms with van der Waals surface area (Å²) in [6.45, 7) is 1.10. The standard InChI is InChI=1S/C18H20N2O3S/c19-24(22,23)17-8-7-15-10-11-20(13-16(15)12-17)18(21)9-6-14-4-2-1-3-5-14/h1-5,7-8,12H,6,9-11,13H2,(H2,19,22,23). The van der Waals surface area contributed by atoms with Crippen LogP contribution in [0.1, 0.15) is 23.1 Å². The lowest BCUT2D eigenvalue weighted by Crippen LogP contribution is -2.36. The smallest absolute Gasteiger partial charge is 0.238 e. The molecule has 5 nitrogen and oxygen atoms in total. The van der Waals surface area contributed by atoms with Crippen molar-refractivity contribution in [2.45, 2.75) is 30.7 Å². The Bertz CT molecular complexity index is 848. The first-order valence-electron chi connectivity index (χ1n) is 7.90. The number of carbonyl (C=O) groups is 1. The van der Waals surface area contributed by atoms with Crippen molar-refractivity contribution in [3.63, 3.8) is 0 Å². The normalized spacial score (nSPS) is 14.3. The van der Waals surface area contributed by atoms with Gasteiger partial charge in [0.25, 0.3) is 0 Å². The predicted octanol–water partition coefficient (Wildman–Crippen LogP) is 1.85. The first-order chi connectivity index (χ1) is 11.4. The molecule has 126 valence electrons. The van der Waals surface area contributed by atoms with Gasteiger partial charge in [0.2, 0.25) is 15.9 Å². The van der Waals surface area contributed by atoms with Gasteiger partial charge in [0.1, 0.15) is 0 Å². The molecule has 0 spiro atoms. The van der Waals surface area contributed by atoms with Crippen LogP contribution >= 0.6 is 0 Å². The minimum absolute atomic E-state index is 0.0884. The van der Waals surface area contributed by atoms with Gasteiger partial charge in [-0.05, 0) is 41.7 Å². The van der Waals surface area contributed by atoms with Crippen molar-refractivity contribution in [1.29, 1.82) is 0 Å². The average Bonchev–Trinajstić information content (AvgIpc) is 2.59. The van der Waals surface area contributed by atoms with Crippen LogP contribution in [0.25, 0.3) is 0 Å². The van der Waals surface area contributed by atoms with E-state index in [4.69, 9.17) is 5.14 Å². The molecule has 1 amide bonds. The summed E-state index contributed by atoms with van der Waals surface area (Å²) in [5.74, 6) is 0.0884. The molecule has 0 bridgehead atoms. The fraction of sp³-hybridized carbons (Fsp3) is 0.278. The van der Waals surface area contributed by atoms with Crippen LogP contribution in [-0.2, 0) is 34.2 Å². The number of nitrogens with two attached hydrogens (primary N) is 1. The number of sulfonamides is 1. The van der Waals surface area contributed by atoms with Gasteiger partial charge >= 0.3 is 0 Å². The highest BCUT2D eigenvalue weighted by Crippen LogP contribution is 2.22. The Morgan fingerprint density at radius 1 is 1.08 bits per heavy atom. The molecular formula is C18H20N2O3S. The molecule has 0 saturated carbocycles. The maximum atomic E-state index is 12.4. The highest BCUT2D eigenvalue weighted by atomic mass is 32.2. The first kappa shape index (κ1) is 16.7. The van der Waals surface area contributed by atoms with E-state index < -0.39 is 10.0 Å². The minimum Gasteiger partial charge on any atom is -0.338 e. The van der Waals surface area contributed by atoms with Crippen LogP contribution in [0, 0.1) is 0 Å². The van der Waals surface area contributed by atoms with Crippen LogP contribution in [0.15, 0.2) is 53.4 Å². The summed E-state index contributed by atoms with van der Waals surface area (Å²) >= 11 is 0. The fourth-order valence-electron chi connectivity index (χ4n) is 2.98. The Hall–Kier alpha value is -2.18. The number of carbonyl (C=O) groups excluding carboxylic acids is 1. The van der Waals surface area contributed by atoms with Gasteiger partial charge in [-0.25, -0.2) is 13.6 Å². The number of fused-ring (bicyclic) bond motifs is 1. The van der Waals surface area contributed by atoms with Crippen LogP contribution in [0.3, 0.4) is 0 Å². The van der Waals surface area contributed by atoms with Crippen LogP contribution in [0.4, 0.5) is 0 Å². The van der Waals surface area contributed by atoms with Gasteiger partial charge in [-0.2, -0.15) is 0 Å². The highest BCUT2D eigenvalue weighted by Gasteiger charge is 2.22. The molecule has 24 heavy (non-hydrogen) atoms. The van der Waals surface area contributed by atoms with Crippen molar-refractivity contribution in [2.75, 3.05) is 6.54 Å². The van der Waals surface area contributed by atoms with E-state index in [9.17, 15) is 13.2 Å². The third kappa shape index (κ3) is 3.83. The van der Waals surface area contributed by atoms with Gasteiger partial charge in [0.15, 0.2) is 0 Å². The lowest BCUT2D eigenvalue weighted by Gasteiger charge is -2.29. The summed E-state index contributed by atoms with van der Waals surface area (Å²) in [5, 5.41) is 5.19. The number of aryl methyl sites for hydroxylation is 1. The van der Waals surface area contributed by atoms with Crippen molar-refractivity contribution < 1.29 is 13.2 Å². The van der Waals surface area contributed by atoms with Crippen molar-refractivity contribution in [1.82, 2.24) is 4.90 Å². The van der Waals surface area contributed by atoms with E-state index in [1.807, 2.05) is 30.3 Å². The summed E-state index contributed by atoms with van der Waals surface area (Å²) in [5.41, 5.74) is 3.08. The molecule has 1 heterocycles. The summed E-state index contributed by atoms with van der Waals surface area (Å²) in [4.78, 5) is 14.3. The third-order valence-corrected chi connectivity index (χ3v) is 5.25. The molecule has 0 unspecified atom stereocenters. The van der Waals surface area contributed by atoms with Gasteiger partial charge < -0.3 is 4.90 Å². The number of rotatable bonds is 4. The monoisotopic (exact) mass is 344 g/mol. The highest BCUT2D eigenvalue weighted by molar-refractivity contribution is 7.89. The van der Waals surface area contributed by atoms with Crippen LogP contribution in [0.2, 0.25) is 0 Å². The van der Waals surface area contributed by atoms with E-state index in [1.54, 1.807) is 17.0 Å². The lowest BCUT2D eigenvalue weighted by atomic mass is 9.99. The first-order valence-corrected chi connectivity index (χ1v) is 9.44. The van der Waals surface area contributed by atoms with E-state index in [2.05, 4.69) is 0 Å². The number of amides is 1. The summed E-state index contributed by atoms with van der Waals surface area (Å²) in [6, 6.07) is 14.8. The number of benzene rings is 2. The zero-order valence-corrected chi connectivity index (χ0v) is 14.1. The molecule has 2 N–H and O–H groups in total. The molecule has 1 aliphatic rings. The molecule has 0 atom stereocenters. The number of nitrogens with zero attached hydrogens (tertiary/aromatic N) is 1. The molecule has 0 fully saturated rings. The second-order valence-electron chi connectivity index (χ2n) is 6.03. The van der Waals surface area contributed by atoms with Crippen LogP contribution in [-0.4, -0.2) is 25.8 Å². The zero-order valence-electron chi connectivity index (χ0n) is 13.3. The van der Waals surface area contributed by atoms with Gasteiger partial charge in [0, 0.05) is 19.5 Å². The van der Waals surface area contributed by atoms with Crippen molar-refractivity contribution in [3.8, 4) is 0 Å². The Balaban J connectivity index is 1.68. The molecule has 3 rings (SSSR count). The third-order valence-electron chi connectivity index (χ3n) is 4.34. The van der Waals surface area contributed by atoms with Gasteiger partial charge in [-0.3, -0.25) is 4.79 Å². The SMILES string of the molecule is NS(=O)(=O)c1ccc2c(c1)CN(C(=O)CCc1ccccc1)CC2. The molecule has 2 aromatic rings. The molecular weight excluding hydrogens is 324 g/mol. The van der Waals surface area contributed by atoms with E-state index in [1.165, 1.54) is 6.07 Å². The number of hydrogen-bond donors (Lipinski definition) is 1. The molecule has 0 aliphatic carbocycles. The second-order valence-corrected chi connectivity index (χ2v) is 7.59. The lowest BCUT2D eigenvalue weighted by molar-refractivity contribution is -0.132. The second kappa shape index (κ2) is 6.75. The van der Waals surface area contributed by atoms with E-state index in [-0.39, 0.29) is 10.8 Å². The van der Waals surface area contributed by atoms with E-state index in [0.717, 1.165) is 23.1 Å². The Kier molecular flexibility index (Phi) is 4.69. The van der Waals surface area contributed by atoms with Crippen LogP contribution < -0.4 is 5.14 Å². The maximum absolute atomic E-state index is 12.4. The fourth-order valence-corrected chi connectivity index (χ4v) is 3.54. The zero-order chi connectivity index (χ0) is 17.2. The van der Waals surface area contributed by atoms with Gasteiger partial charge in [-0.1, -0.05) is 36.4 Å². The summed E-state index contributed by atoms with van der Waals surface area (Å²) < 4.78 is 23.0. The average molecular weight is 344 g/mol. The number of hydrogen-bond acceptors (Lipinski definition) is 3. The Morgan fingerprint density at radius 3 is 2.54 bits per heavy atom. The molecule has 6 heteroatoms. The minimum atomic E-state index is -3.72. The molecule has 1 aliphatic heterocycles. The predicted molar refractivity (Wildman–Crippen MR) is 91.7 cm³/mol. The molecule has 0 saturated heterocycles. The van der Waals surface area contributed by atoms with Gasteiger partial charge in [0.05, 0.1) is 4.90 Å². The topological polar surface area (TPSA) is 80.5 Å².